The van der Waals surface area contributed by atoms with Crippen molar-refractivity contribution in [1.29, 1.82) is 0 Å². The van der Waals surface area contributed by atoms with Crippen LogP contribution in [0.25, 0.3) is 0 Å². The second kappa shape index (κ2) is 17.6. The van der Waals surface area contributed by atoms with Gasteiger partial charge in [-0.25, -0.2) is 14.5 Å². The number of imide groups is 1. The van der Waals surface area contributed by atoms with Gasteiger partial charge in [0.25, 0.3) is 5.41 Å². The fourth-order valence-electron chi connectivity index (χ4n) is 1.84. The molecule has 0 spiro atoms. The minimum absolute atomic E-state index is 0.264. The van der Waals surface area contributed by atoms with Gasteiger partial charge in [0, 0.05) is 35.2 Å². The Bertz CT molecular complexity index is 634. The molecule has 0 saturated heterocycles. The highest BCUT2D eigenvalue weighted by Gasteiger charge is 2.52. The topological polar surface area (TPSA) is 199 Å². The Labute approximate surface area is 198 Å². The first-order chi connectivity index (χ1) is 15.7. The lowest BCUT2D eigenvalue weighted by Crippen LogP contribution is -2.46. The zero-order chi connectivity index (χ0) is 27.6. The maximum absolute atomic E-state index is 11.2. The van der Waals surface area contributed by atoms with Crippen LogP contribution in [0.4, 0.5) is 9.59 Å². The number of hydrogen-bond donors (Lipinski definition) is 4. The number of nitrogens with one attached hydrogen (secondary N) is 4. The second-order valence-corrected chi connectivity index (χ2v) is 6.22. The SMILES string of the molecule is CNC(=O)C(C)C(=O)NC.CNC(=O)N(C)C(=O)NC.COC(=O)C(C)(C(=O)OC)C(=O)OC. The van der Waals surface area contributed by atoms with E-state index in [1.807, 2.05) is 0 Å². The van der Waals surface area contributed by atoms with Crippen molar-refractivity contribution in [2.24, 2.45) is 11.3 Å². The molecule has 0 aliphatic rings. The lowest BCUT2D eigenvalue weighted by atomic mass is 9.91. The number of esters is 3. The van der Waals surface area contributed by atoms with Gasteiger partial charge >= 0.3 is 30.0 Å². The number of rotatable bonds is 5. The number of urea groups is 2. The van der Waals surface area contributed by atoms with Crippen LogP contribution >= 0.6 is 0 Å². The molecule has 196 valence electrons. The molecule has 0 fully saturated rings. The number of carbonyl (C=O) groups is 7. The van der Waals surface area contributed by atoms with Gasteiger partial charge < -0.3 is 35.5 Å². The quantitative estimate of drug-likeness (QED) is 0.193. The first-order valence-electron chi connectivity index (χ1n) is 9.57. The smallest absolute Gasteiger partial charge is 0.334 e. The molecule has 0 aliphatic heterocycles. The summed E-state index contributed by atoms with van der Waals surface area (Å²) in [6.45, 7) is 2.63. The molecular weight excluding hydrogens is 458 g/mol. The van der Waals surface area contributed by atoms with Gasteiger partial charge in [-0.1, -0.05) is 0 Å². The van der Waals surface area contributed by atoms with Crippen molar-refractivity contribution in [3.05, 3.63) is 0 Å². The van der Waals surface area contributed by atoms with E-state index in [9.17, 15) is 33.6 Å². The van der Waals surface area contributed by atoms with E-state index in [1.165, 1.54) is 35.2 Å². The first kappa shape index (κ1) is 34.7. The molecule has 0 atom stereocenters. The van der Waals surface area contributed by atoms with Crippen molar-refractivity contribution in [3.63, 3.8) is 0 Å². The summed E-state index contributed by atoms with van der Waals surface area (Å²) < 4.78 is 13.0. The predicted molar refractivity (Wildman–Crippen MR) is 118 cm³/mol. The molecule has 0 saturated carbocycles. The molecule has 0 aromatic heterocycles. The number of hydrogen-bond acceptors (Lipinski definition) is 10. The van der Waals surface area contributed by atoms with Crippen LogP contribution in [0.1, 0.15) is 13.8 Å². The van der Waals surface area contributed by atoms with Gasteiger partial charge in [0.2, 0.25) is 11.8 Å². The molecule has 0 aromatic carbocycles. The average Bonchev–Trinajstić information content (AvgIpc) is 2.88. The van der Waals surface area contributed by atoms with Crippen molar-refractivity contribution in [2.75, 3.05) is 56.6 Å². The third kappa shape index (κ3) is 10.6. The molecule has 34 heavy (non-hydrogen) atoms. The number of amides is 6. The fraction of sp³-hybridized carbons (Fsp3) is 0.632. The minimum atomic E-state index is -2.06. The van der Waals surface area contributed by atoms with Gasteiger partial charge in [0.05, 0.1) is 21.3 Å². The Morgan fingerprint density at radius 2 is 0.912 bits per heavy atom. The highest BCUT2D eigenvalue weighted by atomic mass is 16.6. The van der Waals surface area contributed by atoms with Crippen LogP contribution in [0.3, 0.4) is 0 Å². The lowest BCUT2D eigenvalue weighted by molar-refractivity contribution is -0.179. The molecule has 15 heteroatoms. The van der Waals surface area contributed by atoms with Gasteiger partial charge in [-0.2, -0.15) is 0 Å². The van der Waals surface area contributed by atoms with E-state index in [1.54, 1.807) is 6.92 Å². The summed E-state index contributed by atoms with van der Waals surface area (Å²) in [6.07, 6.45) is 0. The normalized spacial score (nSPS) is 9.38. The summed E-state index contributed by atoms with van der Waals surface area (Å²) in [6, 6.07) is -0.862. The van der Waals surface area contributed by atoms with Crippen LogP contribution < -0.4 is 21.3 Å². The van der Waals surface area contributed by atoms with Crippen molar-refractivity contribution in [1.82, 2.24) is 26.2 Å². The summed E-state index contributed by atoms with van der Waals surface area (Å²) in [5.74, 6) is -4.18. The van der Waals surface area contributed by atoms with Gasteiger partial charge in [0.15, 0.2) is 0 Å². The van der Waals surface area contributed by atoms with Crippen molar-refractivity contribution in [2.45, 2.75) is 13.8 Å². The third-order valence-corrected chi connectivity index (χ3v) is 4.10. The van der Waals surface area contributed by atoms with Crippen molar-refractivity contribution < 1.29 is 47.8 Å². The van der Waals surface area contributed by atoms with E-state index < -0.39 is 41.3 Å². The van der Waals surface area contributed by atoms with Gasteiger partial charge in [-0.05, 0) is 13.8 Å². The first-order valence-corrected chi connectivity index (χ1v) is 9.57. The van der Waals surface area contributed by atoms with E-state index in [-0.39, 0.29) is 11.8 Å². The molecule has 15 nitrogen and oxygen atoms in total. The van der Waals surface area contributed by atoms with Crippen molar-refractivity contribution in [3.8, 4) is 0 Å². The van der Waals surface area contributed by atoms with Gasteiger partial charge in [-0.3, -0.25) is 24.0 Å². The largest absolute Gasteiger partial charge is 0.468 e. The van der Waals surface area contributed by atoms with Crippen LogP contribution in [-0.4, -0.2) is 103 Å². The summed E-state index contributed by atoms with van der Waals surface area (Å²) in [4.78, 5) is 77.4. The van der Waals surface area contributed by atoms with Crippen LogP contribution in [0.5, 0.6) is 0 Å². The number of carbonyl (C=O) groups excluding carboxylic acids is 7. The number of nitrogens with zero attached hydrogens (tertiary/aromatic N) is 1. The average molecular weight is 494 g/mol. The van der Waals surface area contributed by atoms with Crippen LogP contribution in [0.15, 0.2) is 0 Å². The number of methoxy groups -OCH3 is 3. The van der Waals surface area contributed by atoms with E-state index in [2.05, 4.69) is 35.5 Å². The highest BCUT2D eigenvalue weighted by Crippen LogP contribution is 2.22. The zero-order valence-electron chi connectivity index (χ0n) is 21.1. The molecule has 6 amide bonds. The Hall–Kier alpha value is -3.91. The maximum atomic E-state index is 11.2. The fourth-order valence-corrected chi connectivity index (χ4v) is 1.84. The zero-order valence-corrected chi connectivity index (χ0v) is 21.1. The standard InChI is InChI=1S/C8H12O6.C6H12N2O2.C5H11N3O2/c1-8(5(9)12-2,6(10)13-3)7(11)14-4;1-4(5(9)7-2)6(10)8-3;1-6-4(9)8(3)5(10)7-2/h1-4H3;4H,1-3H3,(H,7,9)(H,8,10);1-3H3,(H,6,9)(H,7,10). The molecule has 4 N–H and O–H groups in total. The minimum Gasteiger partial charge on any atom is -0.468 e. The van der Waals surface area contributed by atoms with Gasteiger partial charge in [0.1, 0.15) is 5.92 Å². The van der Waals surface area contributed by atoms with E-state index >= 15 is 0 Å². The molecular formula is C19H35N5O10. The Morgan fingerprint density at radius 1 is 0.647 bits per heavy atom. The van der Waals surface area contributed by atoms with Crippen LogP contribution in [-0.2, 0) is 38.2 Å². The third-order valence-electron chi connectivity index (χ3n) is 4.10. The Morgan fingerprint density at radius 3 is 1.09 bits per heavy atom. The molecule has 0 aromatic rings. The van der Waals surface area contributed by atoms with Crippen molar-refractivity contribution >= 4 is 41.8 Å². The van der Waals surface area contributed by atoms with E-state index in [4.69, 9.17) is 0 Å². The predicted octanol–water partition coefficient (Wildman–Crippen LogP) is -1.78. The highest BCUT2D eigenvalue weighted by molar-refractivity contribution is 6.17. The Balaban J connectivity index is -0.000000434. The summed E-state index contributed by atoms with van der Waals surface area (Å²) in [5, 5.41) is 9.37. The van der Waals surface area contributed by atoms with E-state index in [0.29, 0.717) is 0 Å². The molecule has 0 bridgehead atoms. The second-order valence-electron chi connectivity index (χ2n) is 6.22. The summed E-state index contributed by atoms with van der Waals surface area (Å²) >= 11 is 0. The molecule has 0 radical (unpaired) electrons. The Kier molecular flexibility index (Phi) is 18.0. The maximum Gasteiger partial charge on any atom is 0.334 e. The molecule has 0 heterocycles. The van der Waals surface area contributed by atoms with Crippen LogP contribution in [0.2, 0.25) is 0 Å². The molecule has 0 rings (SSSR count). The van der Waals surface area contributed by atoms with Gasteiger partial charge in [-0.15, -0.1) is 0 Å². The summed E-state index contributed by atoms with van der Waals surface area (Å²) in [7, 11) is 10.5. The monoisotopic (exact) mass is 493 g/mol. The van der Waals surface area contributed by atoms with E-state index in [0.717, 1.165) is 33.2 Å². The summed E-state index contributed by atoms with van der Waals surface area (Å²) in [5.41, 5.74) is -2.06. The number of ether oxygens (including phenoxy) is 3. The lowest BCUT2D eigenvalue weighted by Gasteiger charge is -2.20. The van der Waals surface area contributed by atoms with Crippen LogP contribution in [0, 0.1) is 11.3 Å². The molecule has 0 aliphatic carbocycles. The molecule has 0 unspecified atom stereocenters.